The van der Waals surface area contributed by atoms with Crippen molar-refractivity contribution in [3.8, 4) is 11.5 Å². The summed E-state index contributed by atoms with van der Waals surface area (Å²) in [6.07, 6.45) is 0.677. The van der Waals surface area contributed by atoms with Crippen molar-refractivity contribution in [1.82, 2.24) is 4.90 Å². The Hall–Kier alpha value is -0.790. The molecule has 1 aliphatic heterocycles. The molecule has 0 radical (unpaired) electrons. The second-order valence-electron chi connectivity index (χ2n) is 5.33. The molecule has 118 valence electrons. The molecule has 0 saturated carbocycles. The molecule has 0 amide bonds. The highest BCUT2D eigenvalue weighted by molar-refractivity contribution is 9.10. The van der Waals surface area contributed by atoms with Crippen molar-refractivity contribution in [1.29, 1.82) is 0 Å². The van der Waals surface area contributed by atoms with Gasteiger partial charge in [-0.1, -0.05) is 0 Å². The van der Waals surface area contributed by atoms with Crippen LogP contribution in [0.4, 0.5) is 0 Å². The number of hydrogen-bond donors (Lipinski definition) is 1. The van der Waals surface area contributed by atoms with Crippen LogP contribution in [0, 0.1) is 0 Å². The molecule has 0 aliphatic carbocycles. The molecular formula is C14H20BrNO4S. The maximum atomic E-state index is 11.5. The normalized spacial score (nSPS) is 20.9. The predicted octanol–water partition coefficient (Wildman–Crippen LogP) is 2.17. The maximum absolute atomic E-state index is 11.5. The van der Waals surface area contributed by atoms with Gasteiger partial charge in [0.1, 0.15) is 0 Å². The third-order valence-electron chi connectivity index (χ3n) is 3.65. The van der Waals surface area contributed by atoms with Crippen molar-refractivity contribution < 1.29 is 18.3 Å². The highest BCUT2D eigenvalue weighted by Crippen LogP contribution is 2.36. The Labute approximate surface area is 134 Å². The molecule has 2 rings (SSSR count). The summed E-state index contributed by atoms with van der Waals surface area (Å²) >= 11 is 3.31. The largest absolute Gasteiger partial charge is 0.503 e. The van der Waals surface area contributed by atoms with E-state index < -0.39 is 9.84 Å². The first-order valence-corrected chi connectivity index (χ1v) is 9.48. The van der Waals surface area contributed by atoms with Gasteiger partial charge in [0.05, 0.1) is 22.6 Å². The smallest absolute Gasteiger partial charge is 0.172 e. The second-order valence-corrected chi connectivity index (χ2v) is 8.41. The fourth-order valence-corrected chi connectivity index (χ4v) is 4.82. The van der Waals surface area contributed by atoms with Gasteiger partial charge in [-0.3, -0.25) is 4.90 Å². The van der Waals surface area contributed by atoms with Gasteiger partial charge in [-0.05, 0) is 54.0 Å². The highest BCUT2D eigenvalue weighted by atomic mass is 79.9. The summed E-state index contributed by atoms with van der Waals surface area (Å²) in [7, 11) is -0.957. The van der Waals surface area contributed by atoms with E-state index in [1.54, 1.807) is 6.07 Å². The van der Waals surface area contributed by atoms with Crippen LogP contribution in [0.15, 0.2) is 16.6 Å². The first-order chi connectivity index (χ1) is 9.82. The van der Waals surface area contributed by atoms with E-state index in [-0.39, 0.29) is 23.3 Å². The average Bonchev–Trinajstić information content (AvgIpc) is 2.76. The van der Waals surface area contributed by atoms with Gasteiger partial charge >= 0.3 is 0 Å². The zero-order valence-electron chi connectivity index (χ0n) is 12.2. The molecule has 1 aliphatic rings. The molecule has 1 aromatic rings. The minimum absolute atomic E-state index is 0.0538. The third-order valence-corrected chi connectivity index (χ3v) is 6.01. The monoisotopic (exact) mass is 377 g/mol. The summed E-state index contributed by atoms with van der Waals surface area (Å²) < 4.78 is 29.1. The van der Waals surface area contributed by atoms with E-state index in [0.29, 0.717) is 29.8 Å². The Morgan fingerprint density at radius 1 is 1.48 bits per heavy atom. The topological polar surface area (TPSA) is 66.8 Å². The zero-order chi connectivity index (χ0) is 15.6. The zero-order valence-corrected chi connectivity index (χ0v) is 14.6. The molecule has 1 saturated heterocycles. The number of halogens is 1. The van der Waals surface area contributed by atoms with Gasteiger partial charge in [0.15, 0.2) is 21.3 Å². The first kappa shape index (κ1) is 16.6. The minimum atomic E-state index is -2.88. The Morgan fingerprint density at radius 2 is 2.19 bits per heavy atom. The van der Waals surface area contributed by atoms with Crippen LogP contribution in [0.5, 0.6) is 11.5 Å². The van der Waals surface area contributed by atoms with E-state index in [9.17, 15) is 13.5 Å². The van der Waals surface area contributed by atoms with Crippen LogP contribution in [0.1, 0.15) is 18.9 Å². The van der Waals surface area contributed by atoms with Crippen LogP contribution >= 0.6 is 15.9 Å². The quantitative estimate of drug-likeness (QED) is 0.851. The fourth-order valence-electron chi connectivity index (χ4n) is 2.52. The molecule has 1 unspecified atom stereocenters. The van der Waals surface area contributed by atoms with Gasteiger partial charge in [-0.25, -0.2) is 8.42 Å². The summed E-state index contributed by atoms with van der Waals surface area (Å²) in [5, 5.41) is 9.90. The van der Waals surface area contributed by atoms with E-state index in [1.165, 1.54) is 0 Å². The van der Waals surface area contributed by atoms with Crippen molar-refractivity contribution in [2.24, 2.45) is 0 Å². The van der Waals surface area contributed by atoms with Gasteiger partial charge in [0, 0.05) is 12.6 Å². The van der Waals surface area contributed by atoms with E-state index >= 15 is 0 Å². The second kappa shape index (κ2) is 6.54. The first-order valence-electron chi connectivity index (χ1n) is 6.87. The molecule has 5 nitrogen and oxygen atoms in total. The van der Waals surface area contributed by atoms with Gasteiger partial charge in [0.25, 0.3) is 0 Å². The molecular weight excluding hydrogens is 358 g/mol. The SMILES string of the molecule is CCOc1cc(CN(C)C2CCS(=O)(=O)C2)cc(Br)c1O. The molecule has 0 aromatic heterocycles. The average molecular weight is 378 g/mol. The molecule has 1 fully saturated rings. The molecule has 7 heteroatoms. The van der Waals surface area contributed by atoms with Crippen LogP contribution in [-0.4, -0.2) is 49.6 Å². The van der Waals surface area contributed by atoms with Crippen LogP contribution in [0.25, 0.3) is 0 Å². The third kappa shape index (κ3) is 4.11. The van der Waals surface area contributed by atoms with Crippen molar-refractivity contribution >= 4 is 25.8 Å². The van der Waals surface area contributed by atoms with E-state index in [2.05, 4.69) is 15.9 Å². The van der Waals surface area contributed by atoms with Crippen LogP contribution in [0.3, 0.4) is 0 Å². The standard InChI is InChI=1S/C14H20BrNO4S/c1-3-20-13-7-10(6-12(15)14(13)17)8-16(2)11-4-5-21(18,19)9-11/h6-7,11,17H,3-5,8-9H2,1-2H3. The van der Waals surface area contributed by atoms with Gasteiger partial charge in [-0.15, -0.1) is 0 Å². The molecule has 1 atom stereocenters. The van der Waals surface area contributed by atoms with Crippen molar-refractivity contribution in [3.63, 3.8) is 0 Å². The van der Waals surface area contributed by atoms with Crippen LogP contribution in [0.2, 0.25) is 0 Å². The van der Waals surface area contributed by atoms with Gasteiger partial charge in [-0.2, -0.15) is 0 Å². The van der Waals surface area contributed by atoms with Crippen molar-refractivity contribution in [2.75, 3.05) is 25.2 Å². The predicted molar refractivity (Wildman–Crippen MR) is 85.5 cm³/mol. The van der Waals surface area contributed by atoms with Gasteiger partial charge < -0.3 is 9.84 Å². The Bertz CT molecular complexity index is 618. The molecule has 21 heavy (non-hydrogen) atoms. The number of nitrogens with zero attached hydrogens (tertiary/aromatic N) is 1. The number of benzene rings is 1. The summed E-state index contributed by atoms with van der Waals surface area (Å²) in [4.78, 5) is 2.04. The lowest BCUT2D eigenvalue weighted by atomic mass is 10.1. The molecule has 1 aromatic carbocycles. The van der Waals surface area contributed by atoms with Crippen molar-refractivity contribution in [2.45, 2.75) is 25.9 Å². The number of aromatic hydroxyl groups is 1. The Kier molecular flexibility index (Phi) is 5.16. The fraction of sp³-hybridized carbons (Fsp3) is 0.571. The summed E-state index contributed by atoms with van der Waals surface area (Å²) in [5.74, 6) is 1.02. The molecule has 0 spiro atoms. The number of phenolic OH excluding ortho intramolecular Hbond substituents is 1. The van der Waals surface area contributed by atoms with Gasteiger partial charge in [0.2, 0.25) is 0 Å². The van der Waals surface area contributed by atoms with Crippen LogP contribution in [-0.2, 0) is 16.4 Å². The van der Waals surface area contributed by atoms with E-state index in [1.807, 2.05) is 24.9 Å². The molecule has 1 N–H and O–H groups in total. The van der Waals surface area contributed by atoms with Crippen molar-refractivity contribution in [3.05, 3.63) is 22.2 Å². The molecule has 0 bridgehead atoms. The lowest BCUT2D eigenvalue weighted by molar-refractivity contribution is 0.252. The minimum Gasteiger partial charge on any atom is -0.503 e. The summed E-state index contributed by atoms with van der Waals surface area (Å²) in [5.41, 5.74) is 0.968. The highest BCUT2D eigenvalue weighted by Gasteiger charge is 2.30. The maximum Gasteiger partial charge on any atom is 0.172 e. The number of hydrogen-bond acceptors (Lipinski definition) is 5. The van der Waals surface area contributed by atoms with E-state index in [0.717, 1.165) is 5.56 Å². The lowest BCUT2D eigenvalue weighted by Crippen LogP contribution is -2.32. The Balaban J connectivity index is 2.12. The number of rotatable bonds is 5. The number of sulfone groups is 1. The summed E-state index contributed by atoms with van der Waals surface area (Å²) in [6, 6.07) is 3.68. The van der Waals surface area contributed by atoms with Crippen LogP contribution < -0.4 is 4.74 Å². The molecule has 1 heterocycles. The van der Waals surface area contributed by atoms with E-state index in [4.69, 9.17) is 4.74 Å². The lowest BCUT2D eigenvalue weighted by Gasteiger charge is -2.23. The number of ether oxygens (including phenoxy) is 1. The Morgan fingerprint density at radius 3 is 2.76 bits per heavy atom. The summed E-state index contributed by atoms with van der Waals surface area (Å²) in [6.45, 7) is 2.94. The number of phenols is 1.